The van der Waals surface area contributed by atoms with Crippen molar-refractivity contribution in [1.82, 2.24) is 4.90 Å². The van der Waals surface area contributed by atoms with E-state index >= 15 is 0 Å². The molecule has 1 aliphatic heterocycles. The lowest BCUT2D eigenvalue weighted by molar-refractivity contribution is -0.136. The van der Waals surface area contributed by atoms with Crippen LogP contribution in [0.5, 0.6) is 11.5 Å². The molecule has 0 radical (unpaired) electrons. The van der Waals surface area contributed by atoms with Crippen LogP contribution in [0.4, 0.5) is 5.69 Å². The molecule has 0 fully saturated rings. The summed E-state index contributed by atoms with van der Waals surface area (Å²) in [7, 11) is 0. The van der Waals surface area contributed by atoms with Crippen LogP contribution in [-0.2, 0) is 9.59 Å². The highest BCUT2D eigenvalue weighted by atomic mass is 35.5. The number of anilines is 1. The van der Waals surface area contributed by atoms with Gasteiger partial charge in [0.05, 0.1) is 18.8 Å². The van der Waals surface area contributed by atoms with Crippen LogP contribution in [0.3, 0.4) is 0 Å². The Morgan fingerprint density at radius 3 is 2.20 bits per heavy atom. The number of carbonyl (C=O) groups is 2. The number of hydrogen-bond donors (Lipinski definition) is 1. The van der Waals surface area contributed by atoms with Gasteiger partial charge in [-0.05, 0) is 50.1 Å². The van der Waals surface area contributed by atoms with E-state index in [2.05, 4.69) is 5.32 Å². The zero-order valence-electron chi connectivity index (χ0n) is 17.3. The molecule has 0 saturated carbocycles. The molecule has 158 valence electrons. The van der Waals surface area contributed by atoms with Gasteiger partial charge in [-0.3, -0.25) is 14.5 Å². The number of benzene rings is 2. The molecule has 6 nitrogen and oxygen atoms in total. The van der Waals surface area contributed by atoms with E-state index in [1.807, 2.05) is 20.8 Å². The second kappa shape index (κ2) is 9.67. The number of nitrogens with zero attached hydrogens (tertiary/aromatic N) is 1. The fourth-order valence-corrected chi connectivity index (χ4v) is 3.40. The molecule has 1 heterocycles. The van der Waals surface area contributed by atoms with Crippen LogP contribution in [0.25, 0.3) is 5.57 Å². The third kappa shape index (κ3) is 4.44. The molecule has 1 N–H and O–H groups in total. The van der Waals surface area contributed by atoms with Gasteiger partial charge in [0.15, 0.2) is 11.5 Å². The number of ether oxygens (including phenoxy) is 2. The van der Waals surface area contributed by atoms with Crippen LogP contribution in [-0.4, -0.2) is 36.5 Å². The smallest absolute Gasteiger partial charge is 0.278 e. The third-order valence-corrected chi connectivity index (χ3v) is 4.81. The molecular formula is C23H25ClN2O4. The summed E-state index contributed by atoms with van der Waals surface area (Å²) in [6.07, 6.45) is 0.677. The molecule has 2 aromatic carbocycles. The Balaban J connectivity index is 2.03. The van der Waals surface area contributed by atoms with Gasteiger partial charge in [-0.1, -0.05) is 30.7 Å². The van der Waals surface area contributed by atoms with Crippen molar-refractivity contribution in [2.45, 2.75) is 27.2 Å². The highest BCUT2D eigenvalue weighted by molar-refractivity contribution is 6.36. The summed E-state index contributed by atoms with van der Waals surface area (Å²) in [6.45, 7) is 7.05. The minimum atomic E-state index is -0.348. The normalized spacial score (nSPS) is 13.8. The summed E-state index contributed by atoms with van der Waals surface area (Å²) < 4.78 is 11.3. The first-order valence-electron chi connectivity index (χ1n) is 10.0. The van der Waals surface area contributed by atoms with Crippen LogP contribution in [0.2, 0.25) is 5.02 Å². The Labute approximate surface area is 181 Å². The highest BCUT2D eigenvalue weighted by Gasteiger charge is 2.38. The van der Waals surface area contributed by atoms with Crippen LogP contribution in [0.1, 0.15) is 32.8 Å². The summed E-state index contributed by atoms with van der Waals surface area (Å²) in [6, 6.07) is 12.2. The Kier molecular flexibility index (Phi) is 7.00. The maximum atomic E-state index is 13.0. The molecule has 2 amide bonds. The maximum absolute atomic E-state index is 13.0. The molecule has 3 rings (SSSR count). The monoisotopic (exact) mass is 428 g/mol. The highest BCUT2D eigenvalue weighted by Crippen LogP contribution is 2.34. The van der Waals surface area contributed by atoms with Gasteiger partial charge >= 0.3 is 0 Å². The van der Waals surface area contributed by atoms with Crippen molar-refractivity contribution < 1.29 is 19.1 Å². The van der Waals surface area contributed by atoms with Crippen molar-refractivity contribution in [1.29, 1.82) is 0 Å². The van der Waals surface area contributed by atoms with Crippen LogP contribution >= 0.6 is 11.6 Å². The first-order chi connectivity index (χ1) is 14.5. The van der Waals surface area contributed by atoms with E-state index in [-0.39, 0.29) is 17.5 Å². The van der Waals surface area contributed by atoms with E-state index in [0.717, 1.165) is 0 Å². The van der Waals surface area contributed by atoms with Gasteiger partial charge in [0, 0.05) is 23.3 Å². The quantitative estimate of drug-likeness (QED) is 0.584. The lowest BCUT2D eigenvalue weighted by Crippen LogP contribution is -2.33. The van der Waals surface area contributed by atoms with Gasteiger partial charge in [-0.2, -0.15) is 0 Å². The predicted octanol–water partition coefficient (Wildman–Crippen LogP) is 4.74. The second-order valence-electron chi connectivity index (χ2n) is 6.67. The molecule has 30 heavy (non-hydrogen) atoms. The number of nitrogens with one attached hydrogen (secondary N) is 1. The molecule has 0 spiro atoms. The predicted molar refractivity (Wildman–Crippen MR) is 118 cm³/mol. The van der Waals surface area contributed by atoms with Crippen LogP contribution < -0.4 is 14.8 Å². The summed E-state index contributed by atoms with van der Waals surface area (Å²) in [5.74, 6) is 0.528. The molecule has 0 atom stereocenters. The number of carbonyl (C=O) groups excluding carboxylic acids is 2. The second-order valence-corrected chi connectivity index (χ2v) is 7.11. The largest absolute Gasteiger partial charge is 0.490 e. The van der Waals surface area contributed by atoms with Gasteiger partial charge in [-0.15, -0.1) is 0 Å². The van der Waals surface area contributed by atoms with Crippen molar-refractivity contribution in [2.75, 3.05) is 25.1 Å². The fourth-order valence-electron chi connectivity index (χ4n) is 3.28. The first-order valence-corrected chi connectivity index (χ1v) is 10.4. The van der Waals surface area contributed by atoms with E-state index in [4.69, 9.17) is 21.1 Å². The molecule has 2 aromatic rings. The molecule has 7 heteroatoms. The van der Waals surface area contributed by atoms with Gasteiger partial charge in [0.1, 0.15) is 5.70 Å². The molecule has 0 bridgehead atoms. The zero-order valence-corrected chi connectivity index (χ0v) is 18.1. The summed E-state index contributed by atoms with van der Waals surface area (Å²) in [5, 5.41) is 3.70. The number of imide groups is 1. The minimum absolute atomic E-state index is 0.238. The van der Waals surface area contributed by atoms with Gasteiger partial charge < -0.3 is 14.8 Å². The SMILES string of the molecule is CCCN1C(=O)C(Nc2ccc(OCC)c(OCC)c2)=C(c2ccc(Cl)cc2)C1=O. The average Bonchev–Trinajstić information content (AvgIpc) is 2.96. The Hall–Kier alpha value is -2.99. The molecule has 0 aliphatic carbocycles. The lowest BCUT2D eigenvalue weighted by atomic mass is 10.0. The van der Waals surface area contributed by atoms with E-state index in [1.165, 1.54) is 4.90 Å². The molecule has 0 unspecified atom stereocenters. The van der Waals surface area contributed by atoms with Crippen molar-refractivity contribution >= 4 is 34.7 Å². The number of rotatable bonds is 9. The van der Waals surface area contributed by atoms with Crippen molar-refractivity contribution in [3.05, 3.63) is 58.7 Å². The summed E-state index contributed by atoms with van der Waals surface area (Å²) >= 11 is 6.00. The summed E-state index contributed by atoms with van der Waals surface area (Å²) in [5.41, 5.74) is 1.83. The average molecular weight is 429 g/mol. The molecule has 0 aromatic heterocycles. The van der Waals surface area contributed by atoms with Crippen molar-refractivity contribution in [3.8, 4) is 11.5 Å². The van der Waals surface area contributed by atoms with Gasteiger partial charge in [0.25, 0.3) is 11.8 Å². The minimum Gasteiger partial charge on any atom is -0.490 e. The lowest BCUT2D eigenvalue weighted by Gasteiger charge is -2.15. The van der Waals surface area contributed by atoms with Gasteiger partial charge in [0.2, 0.25) is 0 Å². The zero-order chi connectivity index (χ0) is 21.7. The van der Waals surface area contributed by atoms with Crippen molar-refractivity contribution in [2.24, 2.45) is 0 Å². The Morgan fingerprint density at radius 1 is 0.900 bits per heavy atom. The Morgan fingerprint density at radius 2 is 1.57 bits per heavy atom. The van der Waals surface area contributed by atoms with E-state index < -0.39 is 0 Å². The van der Waals surface area contributed by atoms with Crippen molar-refractivity contribution in [3.63, 3.8) is 0 Å². The van der Waals surface area contributed by atoms with Gasteiger partial charge in [-0.25, -0.2) is 0 Å². The van der Waals surface area contributed by atoms with Crippen LogP contribution in [0.15, 0.2) is 48.2 Å². The van der Waals surface area contributed by atoms with E-state index in [9.17, 15) is 9.59 Å². The standard InChI is InChI=1S/C23H25ClN2O4/c1-4-13-26-22(27)20(15-7-9-16(24)10-8-15)21(23(26)28)25-17-11-12-18(29-5-2)19(14-17)30-6-3/h7-12,14,25H,4-6,13H2,1-3H3. The molecular weight excluding hydrogens is 404 g/mol. The first kappa shape index (κ1) is 21.7. The topological polar surface area (TPSA) is 67.9 Å². The molecule has 0 saturated heterocycles. The van der Waals surface area contributed by atoms with Crippen LogP contribution in [0, 0.1) is 0 Å². The number of hydrogen-bond acceptors (Lipinski definition) is 5. The molecule has 1 aliphatic rings. The number of amides is 2. The fraction of sp³-hybridized carbons (Fsp3) is 0.304. The van der Waals surface area contributed by atoms with E-state index in [1.54, 1.807) is 42.5 Å². The third-order valence-electron chi connectivity index (χ3n) is 4.56. The summed E-state index contributed by atoms with van der Waals surface area (Å²) in [4.78, 5) is 27.3. The Bertz CT molecular complexity index is 970. The number of halogens is 1. The van der Waals surface area contributed by atoms with E-state index in [0.29, 0.717) is 59.5 Å². The maximum Gasteiger partial charge on any atom is 0.278 e.